The van der Waals surface area contributed by atoms with Crippen LogP contribution in [-0.2, 0) is 4.74 Å². The van der Waals surface area contributed by atoms with Crippen molar-refractivity contribution in [2.45, 2.75) is 64.0 Å². The topological polar surface area (TPSA) is 98.4 Å². The van der Waals surface area contributed by atoms with Crippen molar-refractivity contribution in [2.75, 3.05) is 13.4 Å². The number of allylic oxidation sites excluding steroid dienone is 1. The van der Waals surface area contributed by atoms with Crippen LogP contribution in [-0.4, -0.2) is 41.7 Å². The number of terminal acetylenes is 1. The van der Waals surface area contributed by atoms with Gasteiger partial charge in [-0.15, -0.1) is 6.42 Å². The first kappa shape index (κ1) is 22.1. The molecule has 1 aromatic rings. The molecule has 0 bridgehead atoms. The summed E-state index contributed by atoms with van der Waals surface area (Å²) in [6.07, 6.45) is 10.3. The first-order valence-corrected chi connectivity index (χ1v) is 10.5. The molecule has 1 aromatic carbocycles. The van der Waals surface area contributed by atoms with Gasteiger partial charge in [0.2, 0.25) is 0 Å². The van der Waals surface area contributed by atoms with Crippen LogP contribution in [0.25, 0.3) is 0 Å². The highest BCUT2D eigenvalue weighted by molar-refractivity contribution is 6.16. The molecule has 0 saturated heterocycles. The molecule has 1 saturated carbocycles. The van der Waals surface area contributed by atoms with E-state index in [-0.39, 0.29) is 12.8 Å². The Balaban J connectivity index is 1.85. The van der Waals surface area contributed by atoms with Crippen molar-refractivity contribution >= 4 is 11.5 Å². The van der Waals surface area contributed by atoms with Gasteiger partial charge in [-0.1, -0.05) is 5.92 Å². The Labute approximate surface area is 178 Å². The molecule has 4 N–H and O–H groups in total. The maximum absolute atomic E-state index is 9.96. The van der Waals surface area contributed by atoms with Gasteiger partial charge in [0.15, 0.2) is 6.79 Å². The van der Waals surface area contributed by atoms with Crippen LogP contribution >= 0.6 is 0 Å². The molecule has 0 spiro atoms. The maximum Gasteiger partial charge on any atom is 0.189 e. The molecule has 6 nitrogen and oxygen atoms in total. The molecule has 0 aliphatic heterocycles. The van der Waals surface area contributed by atoms with Crippen molar-refractivity contribution in [3.8, 4) is 18.1 Å². The molecule has 30 heavy (non-hydrogen) atoms. The summed E-state index contributed by atoms with van der Waals surface area (Å²) in [5.74, 6) is 3.50. The Hall–Kier alpha value is -2.62. The number of hydrogen-bond donors (Lipinski definition) is 4. The van der Waals surface area contributed by atoms with E-state index in [9.17, 15) is 5.11 Å². The van der Waals surface area contributed by atoms with Crippen LogP contribution in [0.4, 0.5) is 0 Å². The van der Waals surface area contributed by atoms with Crippen molar-refractivity contribution in [2.24, 2.45) is 0 Å². The highest BCUT2D eigenvalue weighted by Crippen LogP contribution is 2.34. The van der Waals surface area contributed by atoms with Gasteiger partial charge in [0.1, 0.15) is 11.6 Å². The summed E-state index contributed by atoms with van der Waals surface area (Å²) < 4.78 is 11.1. The number of nitrogens with one attached hydrogen (secondary N) is 3. The largest absolute Gasteiger partial charge is 0.467 e. The molecule has 2 aliphatic rings. The molecule has 6 heteroatoms. The standard InChI is InChI=1S/C24H31N3O3/c1-4-16-10-11-20(21(12-16)30-15-29-5-2)22(25)18-8-6-7-9-19(18)23(26)27-17-13-24(3,28)14-17/h1,10-12,17,25,28H,5-9,13-15H2,2-3H3,(H2,26,27)/t17-,24+. The normalized spacial score (nSPS) is 23.3. The lowest BCUT2D eigenvalue weighted by Crippen LogP contribution is -2.53. The van der Waals surface area contributed by atoms with Crippen LogP contribution in [0.2, 0.25) is 0 Å². The second kappa shape index (κ2) is 9.46. The number of amidine groups is 1. The first-order chi connectivity index (χ1) is 14.3. The van der Waals surface area contributed by atoms with Gasteiger partial charge in [0, 0.05) is 23.8 Å². The van der Waals surface area contributed by atoms with Gasteiger partial charge in [-0.05, 0) is 81.7 Å². The predicted molar refractivity (Wildman–Crippen MR) is 118 cm³/mol. The lowest BCUT2D eigenvalue weighted by Gasteiger charge is -2.42. The minimum absolute atomic E-state index is 0.0929. The van der Waals surface area contributed by atoms with Gasteiger partial charge < -0.3 is 19.9 Å². The highest BCUT2D eigenvalue weighted by Gasteiger charge is 2.39. The third-order valence-electron chi connectivity index (χ3n) is 5.71. The van der Waals surface area contributed by atoms with Crippen molar-refractivity contribution in [3.05, 3.63) is 40.5 Å². The van der Waals surface area contributed by atoms with Crippen molar-refractivity contribution in [1.82, 2.24) is 5.32 Å². The SMILES string of the molecule is C#Cc1ccc(C(=N)C2=C(C(=N)N[C@H]3C[C@@](C)(O)C3)CCCC2)c(OCOCC)c1. The summed E-state index contributed by atoms with van der Waals surface area (Å²) in [5.41, 5.74) is 2.82. The minimum Gasteiger partial charge on any atom is -0.467 e. The maximum atomic E-state index is 9.96. The number of ether oxygens (including phenoxy) is 2. The summed E-state index contributed by atoms with van der Waals surface area (Å²) in [7, 11) is 0. The average Bonchev–Trinajstić information content (AvgIpc) is 2.72. The Bertz CT molecular complexity index is 887. The smallest absolute Gasteiger partial charge is 0.189 e. The molecule has 0 unspecified atom stereocenters. The Morgan fingerprint density at radius 2 is 1.97 bits per heavy atom. The van der Waals surface area contributed by atoms with Crippen molar-refractivity contribution in [1.29, 1.82) is 10.8 Å². The van der Waals surface area contributed by atoms with Gasteiger partial charge in [-0.3, -0.25) is 10.8 Å². The number of hydrogen-bond acceptors (Lipinski definition) is 5. The van der Waals surface area contributed by atoms with Gasteiger partial charge in [-0.2, -0.15) is 0 Å². The van der Waals surface area contributed by atoms with Crippen LogP contribution in [0.5, 0.6) is 5.75 Å². The van der Waals surface area contributed by atoms with E-state index in [0.29, 0.717) is 47.9 Å². The first-order valence-electron chi connectivity index (χ1n) is 10.5. The number of benzene rings is 1. The molecule has 3 rings (SSSR count). The zero-order valence-electron chi connectivity index (χ0n) is 17.8. The Morgan fingerprint density at radius 3 is 2.60 bits per heavy atom. The zero-order chi connectivity index (χ0) is 21.7. The fourth-order valence-corrected chi connectivity index (χ4v) is 4.14. The van der Waals surface area contributed by atoms with E-state index in [2.05, 4.69) is 11.2 Å². The van der Waals surface area contributed by atoms with Crippen LogP contribution in [0.15, 0.2) is 29.3 Å². The Morgan fingerprint density at radius 1 is 1.27 bits per heavy atom. The third kappa shape index (κ3) is 5.10. The van der Waals surface area contributed by atoms with Gasteiger partial charge in [-0.25, -0.2) is 0 Å². The van der Waals surface area contributed by atoms with E-state index < -0.39 is 5.60 Å². The number of rotatable bonds is 8. The zero-order valence-corrected chi connectivity index (χ0v) is 17.8. The summed E-state index contributed by atoms with van der Waals surface area (Å²) in [5, 5.41) is 30.7. The monoisotopic (exact) mass is 409 g/mol. The average molecular weight is 410 g/mol. The molecule has 0 atom stereocenters. The van der Waals surface area contributed by atoms with Gasteiger partial charge >= 0.3 is 0 Å². The van der Waals surface area contributed by atoms with Crippen LogP contribution < -0.4 is 10.1 Å². The Kier molecular flexibility index (Phi) is 6.96. The predicted octanol–water partition coefficient (Wildman–Crippen LogP) is 3.76. The molecule has 160 valence electrons. The fraction of sp³-hybridized carbons (Fsp3) is 0.500. The van der Waals surface area contributed by atoms with Gasteiger partial charge in [0.05, 0.1) is 11.3 Å². The van der Waals surface area contributed by atoms with E-state index in [0.717, 1.165) is 36.8 Å². The lowest BCUT2D eigenvalue weighted by molar-refractivity contribution is -0.0340. The molecule has 0 radical (unpaired) electrons. The lowest BCUT2D eigenvalue weighted by atomic mass is 9.77. The van der Waals surface area contributed by atoms with Crippen LogP contribution in [0, 0.1) is 23.2 Å². The van der Waals surface area contributed by atoms with Crippen LogP contribution in [0.1, 0.15) is 63.5 Å². The second-order valence-electron chi connectivity index (χ2n) is 8.27. The molecule has 0 heterocycles. The van der Waals surface area contributed by atoms with Crippen molar-refractivity contribution < 1.29 is 14.6 Å². The van der Waals surface area contributed by atoms with E-state index in [4.69, 9.17) is 26.7 Å². The molecular weight excluding hydrogens is 378 g/mol. The number of aliphatic hydroxyl groups is 1. The minimum atomic E-state index is -0.639. The summed E-state index contributed by atoms with van der Waals surface area (Å²) >= 11 is 0. The van der Waals surface area contributed by atoms with Crippen LogP contribution in [0.3, 0.4) is 0 Å². The quantitative estimate of drug-likeness (QED) is 0.173. The summed E-state index contributed by atoms with van der Waals surface area (Å²) in [4.78, 5) is 0. The molecule has 2 aliphatic carbocycles. The summed E-state index contributed by atoms with van der Waals surface area (Å²) in [6.45, 7) is 4.34. The van der Waals surface area contributed by atoms with E-state index in [1.54, 1.807) is 12.1 Å². The van der Waals surface area contributed by atoms with E-state index >= 15 is 0 Å². The van der Waals surface area contributed by atoms with Gasteiger partial charge in [0.25, 0.3) is 0 Å². The second-order valence-corrected chi connectivity index (χ2v) is 8.27. The van der Waals surface area contributed by atoms with E-state index in [1.165, 1.54) is 0 Å². The van der Waals surface area contributed by atoms with Crippen molar-refractivity contribution in [3.63, 3.8) is 0 Å². The fourth-order valence-electron chi connectivity index (χ4n) is 4.14. The van der Waals surface area contributed by atoms with E-state index in [1.807, 2.05) is 19.9 Å². The molecule has 0 aromatic heterocycles. The molecule has 0 amide bonds. The molecular formula is C24H31N3O3. The molecule has 1 fully saturated rings. The third-order valence-corrected chi connectivity index (χ3v) is 5.71. The highest BCUT2D eigenvalue weighted by atomic mass is 16.7. The summed E-state index contributed by atoms with van der Waals surface area (Å²) in [6, 6.07) is 5.49.